The third kappa shape index (κ3) is 2.68. The van der Waals surface area contributed by atoms with E-state index in [1.807, 2.05) is 0 Å². The molecule has 0 radical (unpaired) electrons. The lowest BCUT2D eigenvalue weighted by Gasteiger charge is -2.42. The van der Waals surface area contributed by atoms with Gasteiger partial charge in [-0.1, -0.05) is 12.8 Å². The van der Waals surface area contributed by atoms with E-state index in [4.69, 9.17) is 0 Å². The Hall–Kier alpha value is -2.35. The van der Waals surface area contributed by atoms with Crippen LogP contribution in [-0.2, 0) is 0 Å². The van der Waals surface area contributed by atoms with E-state index in [9.17, 15) is 8.78 Å². The number of pyridine rings is 1. The monoisotopic (exact) mass is 358 g/mol. The van der Waals surface area contributed by atoms with Crippen molar-refractivity contribution in [3.8, 4) is 0 Å². The zero-order valence-electron chi connectivity index (χ0n) is 14.2. The number of fused-ring (bicyclic) bond motifs is 4. The minimum Gasteiger partial charge on any atom is -0.365 e. The largest absolute Gasteiger partial charge is 0.365 e. The van der Waals surface area contributed by atoms with Gasteiger partial charge in [-0.25, -0.2) is 29.2 Å². The molecule has 8 heteroatoms. The summed E-state index contributed by atoms with van der Waals surface area (Å²) >= 11 is 0. The van der Waals surface area contributed by atoms with Gasteiger partial charge in [-0.05, 0) is 37.2 Å². The second-order valence-electron chi connectivity index (χ2n) is 7.49. The van der Waals surface area contributed by atoms with Crippen LogP contribution in [0.2, 0.25) is 0 Å². The average Bonchev–Trinajstić information content (AvgIpc) is 3.07. The summed E-state index contributed by atoms with van der Waals surface area (Å²) in [7, 11) is 0. The molecule has 4 aliphatic rings. The van der Waals surface area contributed by atoms with Crippen LogP contribution < -0.4 is 16.2 Å². The quantitative estimate of drug-likeness (QED) is 0.783. The van der Waals surface area contributed by atoms with Crippen molar-refractivity contribution < 1.29 is 8.78 Å². The van der Waals surface area contributed by atoms with E-state index in [1.165, 1.54) is 37.9 Å². The lowest BCUT2D eigenvalue weighted by molar-refractivity contribution is 0.157. The molecule has 6 rings (SSSR count). The van der Waals surface area contributed by atoms with Gasteiger partial charge in [0, 0.05) is 11.6 Å². The fourth-order valence-electron chi connectivity index (χ4n) is 4.55. The standard InChI is InChI=1S/C18H20F2N6/c19-11-6-12-15(25-26-16(12)21-7-11)18-22-8-13(20)17(24-18)23-14-5-9-1-3-10(14)4-2-9/h6-10,14-15,25H,1-5H2,(H,21,26)(H,22,23,24)/t9?,10?,14-,15?/m1/s1. The third-order valence-electron chi connectivity index (χ3n) is 5.92. The van der Waals surface area contributed by atoms with E-state index in [-0.39, 0.29) is 11.9 Å². The number of halogens is 2. The van der Waals surface area contributed by atoms with Crippen LogP contribution >= 0.6 is 0 Å². The average molecular weight is 358 g/mol. The zero-order valence-corrected chi connectivity index (χ0v) is 14.2. The maximum Gasteiger partial charge on any atom is 0.183 e. The van der Waals surface area contributed by atoms with Crippen molar-refractivity contribution >= 4 is 11.6 Å². The number of hydrogen-bond donors (Lipinski definition) is 3. The van der Waals surface area contributed by atoms with Gasteiger partial charge in [-0.2, -0.15) is 0 Å². The molecule has 1 unspecified atom stereocenters. The van der Waals surface area contributed by atoms with Crippen molar-refractivity contribution in [2.24, 2.45) is 11.8 Å². The van der Waals surface area contributed by atoms with Crippen molar-refractivity contribution in [2.75, 3.05) is 10.7 Å². The highest BCUT2D eigenvalue weighted by atomic mass is 19.1. The van der Waals surface area contributed by atoms with E-state index in [2.05, 4.69) is 31.1 Å². The van der Waals surface area contributed by atoms with E-state index in [0.29, 0.717) is 23.1 Å². The van der Waals surface area contributed by atoms with E-state index < -0.39 is 17.7 Å². The first-order chi connectivity index (χ1) is 12.7. The molecule has 136 valence electrons. The Morgan fingerprint density at radius 3 is 2.69 bits per heavy atom. The fourth-order valence-corrected chi connectivity index (χ4v) is 4.55. The Morgan fingerprint density at radius 1 is 1.08 bits per heavy atom. The molecule has 2 aromatic heterocycles. The normalized spacial score (nSPS) is 29.3. The number of hydrazine groups is 1. The van der Waals surface area contributed by atoms with Gasteiger partial charge in [0.15, 0.2) is 17.5 Å². The lowest BCUT2D eigenvalue weighted by Crippen LogP contribution is -2.40. The molecule has 3 saturated carbocycles. The van der Waals surface area contributed by atoms with Crippen LogP contribution in [0.5, 0.6) is 0 Å². The van der Waals surface area contributed by atoms with Crippen LogP contribution in [0.4, 0.5) is 20.4 Å². The first kappa shape index (κ1) is 15.9. The lowest BCUT2D eigenvalue weighted by atomic mass is 9.68. The van der Waals surface area contributed by atoms with Gasteiger partial charge in [-0.15, -0.1) is 0 Å². The molecule has 3 fully saturated rings. The predicted octanol–water partition coefficient (Wildman–Crippen LogP) is 3.16. The van der Waals surface area contributed by atoms with Gasteiger partial charge in [0.2, 0.25) is 0 Å². The molecule has 26 heavy (non-hydrogen) atoms. The molecule has 6 nitrogen and oxygen atoms in total. The molecule has 3 aliphatic carbocycles. The van der Waals surface area contributed by atoms with Gasteiger partial charge in [0.25, 0.3) is 0 Å². The molecule has 2 aromatic rings. The summed E-state index contributed by atoms with van der Waals surface area (Å²) < 4.78 is 27.9. The highest BCUT2D eigenvalue weighted by molar-refractivity contribution is 5.52. The molecule has 1 aliphatic heterocycles. The maximum absolute atomic E-state index is 14.3. The summed E-state index contributed by atoms with van der Waals surface area (Å²) in [6.07, 6.45) is 8.37. The topological polar surface area (TPSA) is 74.8 Å². The van der Waals surface area contributed by atoms with Crippen molar-refractivity contribution in [1.82, 2.24) is 20.4 Å². The van der Waals surface area contributed by atoms with E-state index in [0.717, 1.165) is 18.5 Å². The highest BCUT2D eigenvalue weighted by Crippen LogP contribution is 2.42. The van der Waals surface area contributed by atoms with Crippen molar-refractivity contribution in [2.45, 2.75) is 44.2 Å². The molecule has 0 spiro atoms. The number of rotatable bonds is 3. The minimum atomic E-state index is -0.475. The smallest absolute Gasteiger partial charge is 0.183 e. The number of nitrogens with zero attached hydrogens (tertiary/aromatic N) is 3. The summed E-state index contributed by atoms with van der Waals surface area (Å²) in [5.41, 5.74) is 6.49. The van der Waals surface area contributed by atoms with Crippen molar-refractivity contribution in [3.05, 3.63) is 41.5 Å². The number of nitrogens with one attached hydrogen (secondary N) is 3. The second-order valence-corrected chi connectivity index (χ2v) is 7.49. The molecule has 3 heterocycles. The van der Waals surface area contributed by atoms with Crippen molar-refractivity contribution in [3.63, 3.8) is 0 Å². The van der Waals surface area contributed by atoms with Crippen LogP contribution in [0.1, 0.15) is 49.5 Å². The Labute approximate surface area is 149 Å². The summed E-state index contributed by atoms with van der Waals surface area (Å²) in [6.45, 7) is 0. The molecule has 0 saturated heterocycles. The molecule has 3 N–H and O–H groups in total. The zero-order chi connectivity index (χ0) is 17.7. The summed E-state index contributed by atoms with van der Waals surface area (Å²) in [6, 6.07) is 1.18. The predicted molar refractivity (Wildman–Crippen MR) is 92.3 cm³/mol. The fraction of sp³-hybridized carbons (Fsp3) is 0.500. The first-order valence-corrected chi connectivity index (χ1v) is 9.13. The van der Waals surface area contributed by atoms with E-state index >= 15 is 0 Å². The van der Waals surface area contributed by atoms with Crippen LogP contribution in [0.3, 0.4) is 0 Å². The SMILES string of the molecule is Fc1cnc2c(c1)C(c1ncc(F)c(N[C@@H]3CC4CCC3CC4)n1)NN2. The number of hydrogen-bond acceptors (Lipinski definition) is 6. The Balaban J connectivity index is 1.42. The Bertz CT molecular complexity index is 836. The molecular weight excluding hydrogens is 338 g/mol. The molecule has 2 atom stereocenters. The molecule has 0 aromatic carbocycles. The van der Waals surface area contributed by atoms with Crippen LogP contribution in [0, 0.1) is 23.5 Å². The third-order valence-corrected chi connectivity index (χ3v) is 5.92. The number of aromatic nitrogens is 3. The molecule has 0 amide bonds. The maximum atomic E-state index is 14.3. The molecular formula is C18H20F2N6. The first-order valence-electron chi connectivity index (χ1n) is 9.13. The second kappa shape index (κ2) is 6.12. The summed E-state index contributed by atoms with van der Waals surface area (Å²) in [4.78, 5) is 12.5. The molecule has 2 bridgehead atoms. The van der Waals surface area contributed by atoms with Crippen LogP contribution in [0.15, 0.2) is 18.5 Å². The van der Waals surface area contributed by atoms with Crippen LogP contribution in [-0.4, -0.2) is 21.0 Å². The highest BCUT2D eigenvalue weighted by Gasteiger charge is 2.36. The Morgan fingerprint density at radius 2 is 1.92 bits per heavy atom. The van der Waals surface area contributed by atoms with Gasteiger partial charge >= 0.3 is 0 Å². The van der Waals surface area contributed by atoms with Crippen LogP contribution in [0.25, 0.3) is 0 Å². The van der Waals surface area contributed by atoms with E-state index in [1.54, 1.807) is 0 Å². The van der Waals surface area contributed by atoms with Gasteiger partial charge < -0.3 is 10.7 Å². The Kier molecular flexibility index (Phi) is 3.74. The minimum absolute atomic E-state index is 0.229. The summed E-state index contributed by atoms with van der Waals surface area (Å²) in [5, 5.41) is 3.32. The van der Waals surface area contributed by atoms with Crippen molar-refractivity contribution in [1.29, 1.82) is 0 Å². The number of anilines is 2. The van der Waals surface area contributed by atoms with Gasteiger partial charge in [0.1, 0.15) is 17.7 Å². The van der Waals surface area contributed by atoms with Gasteiger partial charge in [0.05, 0.1) is 12.4 Å². The summed E-state index contributed by atoms with van der Waals surface area (Å²) in [5.74, 6) is 1.58. The van der Waals surface area contributed by atoms with Gasteiger partial charge in [-0.3, -0.25) is 0 Å².